The van der Waals surface area contributed by atoms with Crippen molar-refractivity contribution in [1.29, 1.82) is 0 Å². The summed E-state index contributed by atoms with van der Waals surface area (Å²) in [6.07, 6.45) is 2.79. The van der Waals surface area contributed by atoms with E-state index in [0.717, 1.165) is 60.9 Å². The minimum Gasteiger partial charge on any atom is -0.468 e. The van der Waals surface area contributed by atoms with Crippen LogP contribution in [0.2, 0.25) is 0 Å². The van der Waals surface area contributed by atoms with Crippen molar-refractivity contribution in [2.24, 2.45) is 10.9 Å². The maximum absolute atomic E-state index is 14.4. The van der Waals surface area contributed by atoms with Crippen molar-refractivity contribution in [1.82, 2.24) is 14.9 Å². The number of amides is 4. The van der Waals surface area contributed by atoms with Gasteiger partial charge >= 0.3 is 12.0 Å². The number of urea groups is 1. The number of hydrogen-bond acceptors (Lipinski definition) is 7. The molecule has 0 aromatic heterocycles. The first-order valence-electron chi connectivity index (χ1n) is 14.4. The Kier molecular flexibility index (Phi) is 11.1. The second kappa shape index (κ2) is 15.0. The summed E-state index contributed by atoms with van der Waals surface area (Å²) in [5.74, 6) is -4.04. The van der Waals surface area contributed by atoms with Gasteiger partial charge in [-0.3, -0.25) is 19.4 Å². The number of hydrazine groups is 1. The van der Waals surface area contributed by atoms with Gasteiger partial charge in [-0.1, -0.05) is 18.2 Å². The zero-order valence-electron chi connectivity index (χ0n) is 25.0. The van der Waals surface area contributed by atoms with E-state index in [1.165, 1.54) is 25.7 Å². The Hall–Kier alpha value is -4.23. The van der Waals surface area contributed by atoms with Gasteiger partial charge in [0, 0.05) is 26.3 Å². The maximum atomic E-state index is 14.4. The summed E-state index contributed by atoms with van der Waals surface area (Å²) in [4.78, 5) is 56.4. The van der Waals surface area contributed by atoms with Crippen molar-refractivity contribution in [3.63, 3.8) is 0 Å². The second-order valence-corrected chi connectivity index (χ2v) is 10.8. The Morgan fingerprint density at radius 2 is 1.84 bits per heavy atom. The van der Waals surface area contributed by atoms with Crippen LogP contribution in [0.3, 0.4) is 0 Å². The second-order valence-electron chi connectivity index (χ2n) is 10.8. The highest BCUT2D eigenvalue weighted by atomic mass is 19.2. The van der Waals surface area contributed by atoms with E-state index in [1.807, 2.05) is 18.2 Å². The van der Waals surface area contributed by atoms with Crippen LogP contribution in [0.25, 0.3) is 0 Å². The number of benzene rings is 2. The Bertz CT molecular complexity index is 1400. The highest BCUT2D eigenvalue weighted by Crippen LogP contribution is 2.37. The van der Waals surface area contributed by atoms with Crippen LogP contribution < -0.4 is 5.32 Å². The molecule has 0 bridgehead atoms. The number of carbonyl (C=O) groups is 4. The van der Waals surface area contributed by atoms with Gasteiger partial charge in [0.1, 0.15) is 5.92 Å². The molecule has 2 aromatic carbocycles. The predicted octanol–water partition coefficient (Wildman–Crippen LogP) is 3.92. The van der Waals surface area contributed by atoms with Crippen LogP contribution in [0.5, 0.6) is 0 Å². The molecule has 0 saturated carbocycles. The Balaban J connectivity index is 1.46. The third kappa shape index (κ3) is 7.64. The summed E-state index contributed by atoms with van der Waals surface area (Å²) < 4.78 is 38.3. The van der Waals surface area contributed by atoms with Crippen LogP contribution in [0.15, 0.2) is 47.5 Å². The fourth-order valence-electron chi connectivity index (χ4n) is 5.88. The Morgan fingerprint density at radius 3 is 2.48 bits per heavy atom. The van der Waals surface area contributed by atoms with E-state index in [9.17, 15) is 28.0 Å². The highest BCUT2D eigenvalue weighted by Gasteiger charge is 2.47. The molecular weight excluding hydrogens is 576 g/mol. The number of anilines is 1. The minimum absolute atomic E-state index is 0.0478. The number of rotatable bonds is 12. The number of carbonyl (C=O) groups excluding carboxylic acids is 4. The lowest BCUT2D eigenvalue weighted by molar-refractivity contribution is -0.150. The SMILES string of the molecule is COCC1=NC(=O)N(N(C=O)CCCN2CCC(c3cccc(NC(C)=O)c3)CC2)C(c2ccc(F)c(F)c2)C1C(=O)OC. The fourth-order valence-corrected chi connectivity index (χ4v) is 5.88. The van der Waals surface area contributed by atoms with Crippen molar-refractivity contribution in [3.05, 3.63) is 65.2 Å². The molecule has 44 heavy (non-hydrogen) atoms. The van der Waals surface area contributed by atoms with Crippen molar-refractivity contribution in [3.8, 4) is 0 Å². The molecule has 4 amide bonds. The highest BCUT2D eigenvalue weighted by molar-refractivity contribution is 6.10. The van der Waals surface area contributed by atoms with Gasteiger partial charge in [0.25, 0.3) is 0 Å². The molecule has 11 nitrogen and oxygen atoms in total. The number of nitrogens with zero attached hydrogens (tertiary/aromatic N) is 4. The van der Waals surface area contributed by atoms with E-state index < -0.39 is 35.6 Å². The molecule has 1 fully saturated rings. The first-order valence-corrected chi connectivity index (χ1v) is 14.4. The number of aliphatic imine (C=N–C) groups is 1. The third-order valence-corrected chi connectivity index (χ3v) is 7.93. The van der Waals surface area contributed by atoms with Crippen molar-refractivity contribution >= 4 is 35.7 Å². The summed E-state index contributed by atoms with van der Waals surface area (Å²) in [5, 5.41) is 4.95. The number of nitrogens with one attached hydrogen (secondary N) is 1. The smallest absolute Gasteiger partial charge is 0.363 e. The van der Waals surface area contributed by atoms with Gasteiger partial charge in [-0.15, -0.1) is 0 Å². The van der Waals surface area contributed by atoms with Crippen molar-refractivity contribution < 1.29 is 37.4 Å². The summed E-state index contributed by atoms with van der Waals surface area (Å²) in [6.45, 7) is 3.69. The standard InChI is InChI=1S/C31H37F2N5O6/c1-20(40)34-24-7-4-6-22(16-24)21-10-14-36(15-11-21)12-5-13-37(19-39)38-29(23-8-9-25(32)26(33)17-23)28(30(41)44-3)27(18-43-2)35-31(38)42/h4,6-9,16-17,19,21,28-29H,5,10-15,18H2,1-3H3,(H,34,40). The van der Waals surface area contributed by atoms with Gasteiger partial charge in [-0.25, -0.2) is 18.6 Å². The number of hydrogen-bond donors (Lipinski definition) is 1. The third-order valence-electron chi connectivity index (χ3n) is 7.93. The van der Waals surface area contributed by atoms with Crippen LogP contribution >= 0.6 is 0 Å². The van der Waals surface area contributed by atoms with Crippen LogP contribution in [0.4, 0.5) is 19.3 Å². The van der Waals surface area contributed by atoms with E-state index >= 15 is 0 Å². The lowest BCUT2D eigenvalue weighted by Crippen LogP contribution is -2.55. The van der Waals surface area contributed by atoms with Crippen LogP contribution in [0, 0.1) is 17.6 Å². The number of methoxy groups -OCH3 is 2. The monoisotopic (exact) mass is 613 g/mol. The van der Waals surface area contributed by atoms with E-state index in [0.29, 0.717) is 25.3 Å². The summed E-state index contributed by atoms with van der Waals surface area (Å²) in [6, 6.07) is 8.83. The lowest BCUT2D eigenvalue weighted by atomic mass is 9.87. The molecule has 2 heterocycles. The predicted molar refractivity (Wildman–Crippen MR) is 158 cm³/mol. The average Bonchev–Trinajstić information content (AvgIpc) is 3.01. The lowest BCUT2D eigenvalue weighted by Gasteiger charge is -2.43. The van der Waals surface area contributed by atoms with Gasteiger partial charge in [-0.2, -0.15) is 4.99 Å². The molecule has 0 radical (unpaired) electrons. The van der Waals surface area contributed by atoms with Gasteiger partial charge in [0.2, 0.25) is 12.3 Å². The first kappa shape index (κ1) is 32.7. The molecule has 4 rings (SSSR count). The summed E-state index contributed by atoms with van der Waals surface area (Å²) in [5.41, 5.74) is 2.08. The van der Waals surface area contributed by atoms with Gasteiger partial charge in [0.15, 0.2) is 11.6 Å². The molecule has 2 aliphatic rings. The molecule has 1 N–H and O–H groups in total. The molecule has 2 aromatic rings. The van der Waals surface area contributed by atoms with Gasteiger partial charge in [0.05, 0.1) is 25.5 Å². The van der Waals surface area contributed by atoms with E-state index in [1.54, 1.807) is 0 Å². The molecule has 13 heteroatoms. The number of piperidine rings is 1. The molecule has 2 atom stereocenters. The van der Waals surface area contributed by atoms with Crippen LogP contribution in [-0.4, -0.2) is 92.0 Å². The Morgan fingerprint density at radius 1 is 1.09 bits per heavy atom. The van der Waals surface area contributed by atoms with Crippen molar-refractivity contribution in [2.45, 2.75) is 38.1 Å². The zero-order valence-corrected chi connectivity index (χ0v) is 25.0. The molecule has 236 valence electrons. The molecule has 2 unspecified atom stereocenters. The normalized spacial score (nSPS) is 19.3. The molecule has 2 aliphatic heterocycles. The van der Waals surface area contributed by atoms with Crippen molar-refractivity contribution in [2.75, 3.05) is 52.3 Å². The molecular formula is C31H37F2N5O6. The molecule has 0 spiro atoms. The van der Waals surface area contributed by atoms with E-state index in [-0.39, 0.29) is 30.3 Å². The van der Waals surface area contributed by atoms with Crippen LogP contribution in [0.1, 0.15) is 49.3 Å². The molecule has 0 aliphatic carbocycles. The average molecular weight is 614 g/mol. The van der Waals surface area contributed by atoms with Gasteiger partial charge < -0.3 is 19.7 Å². The first-order chi connectivity index (χ1) is 21.2. The fraction of sp³-hybridized carbons (Fsp3) is 0.452. The topological polar surface area (TPSA) is 121 Å². The quantitative estimate of drug-likeness (QED) is 0.285. The zero-order chi connectivity index (χ0) is 31.8. The van der Waals surface area contributed by atoms with E-state index in [2.05, 4.69) is 21.3 Å². The van der Waals surface area contributed by atoms with Gasteiger partial charge in [-0.05, 0) is 80.2 Å². The maximum Gasteiger partial charge on any atom is 0.363 e. The number of ether oxygens (including phenoxy) is 2. The number of likely N-dealkylation sites (tertiary alicyclic amines) is 1. The van der Waals surface area contributed by atoms with E-state index in [4.69, 9.17) is 9.47 Å². The largest absolute Gasteiger partial charge is 0.468 e. The minimum atomic E-state index is -1.23. The molecule has 1 saturated heterocycles. The number of esters is 1. The van der Waals surface area contributed by atoms with Crippen LogP contribution in [-0.2, 0) is 23.9 Å². The number of halogens is 2. The Labute approximate surface area is 254 Å². The summed E-state index contributed by atoms with van der Waals surface area (Å²) in [7, 11) is 2.53. The summed E-state index contributed by atoms with van der Waals surface area (Å²) >= 11 is 0.